The number of carbonyl (C=O) groups is 1. The van der Waals surface area contributed by atoms with Crippen LogP contribution in [0.2, 0.25) is 0 Å². The molecule has 1 aromatic carbocycles. The molecule has 0 bridgehead atoms. The number of hydrogen-bond donors (Lipinski definition) is 2. The summed E-state index contributed by atoms with van der Waals surface area (Å²) in [7, 11) is 0. The maximum absolute atomic E-state index is 11.9. The van der Waals surface area contributed by atoms with Crippen LogP contribution in [0.3, 0.4) is 0 Å². The molecule has 0 radical (unpaired) electrons. The van der Waals surface area contributed by atoms with Crippen molar-refractivity contribution < 1.29 is 4.79 Å². The fourth-order valence-corrected chi connectivity index (χ4v) is 3.34. The van der Waals surface area contributed by atoms with E-state index in [4.69, 9.17) is 0 Å². The fourth-order valence-electron chi connectivity index (χ4n) is 2.72. The number of rotatable bonds is 4. The number of benzene rings is 1. The minimum absolute atomic E-state index is 0.127. The van der Waals surface area contributed by atoms with Gasteiger partial charge in [0.15, 0.2) is 0 Å². The van der Waals surface area contributed by atoms with Gasteiger partial charge in [0.25, 0.3) is 0 Å². The highest BCUT2D eigenvalue weighted by Crippen LogP contribution is 2.24. The number of amides is 2. The topological polar surface area (TPSA) is 44.4 Å². The quantitative estimate of drug-likeness (QED) is 0.907. The molecule has 0 spiro atoms. The van der Waals surface area contributed by atoms with Gasteiger partial charge < -0.3 is 10.2 Å². The first kappa shape index (κ1) is 13.9. The molecule has 3 rings (SSSR count). The molecule has 2 amide bonds. The Morgan fingerprint density at radius 3 is 2.86 bits per heavy atom. The summed E-state index contributed by atoms with van der Waals surface area (Å²) >= 11 is 1.52. The van der Waals surface area contributed by atoms with Gasteiger partial charge in [-0.3, -0.25) is 5.32 Å². The Hall–Kier alpha value is -2.01. The second-order valence-electron chi connectivity index (χ2n) is 5.14. The SMILES string of the molecule is O=C(NC[C@@H]1CCCN1c1ccccc1)Nc1cccs1. The van der Waals surface area contributed by atoms with Gasteiger partial charge in [0.1, 0.15) is 0 Å². The van der Waals surface area contributed by atoms with Gasteiger partial charge in [-0.2, -0.15) is 0 Å². The lowest BCUT2D eigenvalue weighted by Crippen LogP contribution is -2.41. The number of urea groups is 1. The van der Waals surface area contributed by atoms with E-state index in [-0.39, 0.29) is 6.03 Å². The maximum atomic E-state index is 11.9. The first-order chi connectivity index (χ1) is 10.3. The molecule has 4 nitrogen and oxygen atoms in total. The van der Waals surface area contributed by atoms with Gasteiger partial charge >= 0.3 is 6.03 Å². The first-order valence-electron chi connectivity index (χ1n) is 7.23. The van der Waals surface area contributed by atoms with Crippen molar-refractivity contribution in [3.8, 4) is 0 Å². The Morgan fingerprint density at radius 1 is 1.24 bits per heavy atom. The third-order valence-electron chi connectivity index (χ3n) is 3.72. The van der Waals surface area contributed by atoms with Crippen molar-refractivity contribution in [2.45, 2.75) is 18.9 Å². The fraction of sp³-hybridized carbons (Fsp3) is 0.312. The molecule has 1 aliphatic heterocycles. The van der Waals surface area contributed by atoms with Crippen molar-refractivity contribution >= 4 is 28.1 Å². The number of carbonyl (C=O) groups excluding carboxylic acids is 1. The Morgan fingerprint density at radius 2 is 2.10 bits per heavy atom. The summed E-state index contributed by atoms with van der Waals surface area (Å²) in [4.78, 5) is 14.3. The molecule has 1 aliphatic rings. The summed E-state index contributed by atoms with van der Waals surface area (Å²) in [6.45, 7) is 1.73. The summed E-state index contributed by atoms with van der Waals surface area (Å²) in [5, 5.41) is 8.65. The number of anilines is 2. The molecule has 1 atom stereocenters. The molecule has 21 heavy (non-hydrogen) atoms. The van der Waals surface area contributed by atoms with Crippen LogP contribution < -0.4 is 15.5 Å². The minimum atomic E-state index is -0.127. The van der Waals surface area contributed by atoms with Crippen LogP contribution in [0, 0.1) is 0 Å². The van der Waals surface area contributed by atoms with E-state index in [0.717, 1.165) is 18.0 Å². The molecule has 2 heterocycles. The first-order valence-corrected chi connectivity index (χ1v) is 8.11. The average molecular weight is 301 g/mol. The lowest BCUT2D eigenvalue weighted by atomic mass is 10.2. The third-order valence-corrected chi connectivity index (χ3v) is 4.51. The van der Waals surface area contributed by atoms with Crippen molar-refractivity contribution in [2.24, 2.45) is 0 Å². The molecular weight excluding hydrogens is 282 g/mol. The van der Waals surface area contributed by atoms with Gasteiger partial charge in [0.05, 0.1) is 5.00 Å². The third kappa shape index (κ3) is 3.55. The normalized spacial score (nSPS) is 17.7. The van der Waals surface area contributed by atoms with Crippen molar-refractivity contribution in [3.63, 3.8) is 0 Å². The summed E-state index contributed by atoms with van der Waals surface area (Å²) in [6.07, 6.45) is 2.29. The molecule has 5 heteroatoms. The zero-order valence-corrected chi connectivity index (χ0v) is 12.6. The monoisotopic (exact) mass is 301 g/mol. The van der Waals surface area contributed by atoms with Gasteiger partial charge in [-0.1, -0.05) is 18.2 Å². The smallest absolute Gasteiger partial charge is 0.319 e. The zero-order chi connectivity index (χ0) is 14.5. The van der Waals surface area contributed by atoms with Crippen LogP contribution in [0.4, 0.5) is 15.5 Å². The Balaban J connectivity index is 1.53. The lowest BCUT2D eigenvalue weighted by molar-refractivity contribution is 0.251. The van der Waals surface area contributed by atoms with Gasteiger partial charge in [-0.15, -0.1) is 11.3 Å². The van der Waals surface area contributed by atoms with Gasteiger partial charge in [-0.05, 0) is 42.5 Å². The molecular formula is C16H19N3OS. The van der Waals surface area contributed by atoms with Crippen LogP contribution in [0.25, 0.3) is 0 Å². The van der Waals surface area contributed by atoms with Crippen LogP contribution >= 0.6 is 11.3 Å². The van der Waals surface area contributed by atoms with E-state index in [9.17, 15) is 4.79 Å². The van der Waals surface area contributed by atoms with Crippen LogP contribution in [-0.4, -0.2) is 25.2 Å². The van der Waals surface area contributed by atoms with Gasteiger partial charge in [-0.25, -0.2) is 4.79 Å². The lowest BCUT2D eigenvalue weighted by Gasteiger charge is -2.27. The molecule has 0 aliphatic carbocycles. The number of para-hydroxylation sites is 1. The number of nitrogens with zero attached hydrogens (tertiary/aromatic N) is 1. The van der Waals surface area contributed by atoms with Crippen LogP contribution in [-0.2, 0) is 0 Å². The second-order valence-corrected chi connectivity index (χ2v) is 6.09. The van der Waals surface area contributed by atoms with E-state index < -0.39 is 0 Å². The van der Waals surface area contributed by atoms with E-state index in [0.29, 0.717) is 12.6 Å². The Bertz CT molecular complexity index is 570. The maximum Gasteiger partial charge on any atom is 0.319 e. The molecule has 110 valence electrons. The number of thiophene rings is 1. The summed E-state index contributed by atoms with van der Waals surface area (Å²) in [5.41, 5.74) is 1.24. The van der Waals surface area contributed by atoms with Crippen LogP contribution in [0.5, 0.6) is 0 Å². The number of nitrogens with one attached hydrogen (secondary N) is 2. The molecule has 0 saturated carbocycles. The second kappa shape index (κ2) is 6.63. The summed E-state index contributed by atoms with van der Waals surface area (Å²) in [6, 6.07) is 14.5. The van der Waals surface area contributed by atoms with Crippen molar-refractivity contribution in [1.82, 2.24) is 5.32 Å². The van der Waals surface area contributed by atoms with Gasteiger partial charge in [0, 0.05) is 24.8 Å². The van der Waals surface area contributed by atoms with E-state index >= 15 is 0 Å². The van der Waals surface area contributed by atoms with E-state index in [2.05, 4.69) is 39.8 Å². The minimum Gasteiger partial charge on any atom is -0.367 e. The highest BCUT2D eigenvalue weighted by molar-refractivity contribution is 7.14. The molecule has 1 saturated heterocycles. The average Bonchev–Trinajstić information content (AvgIpc) is 3.17. The molecule has 0 unspecified atom stereocenters. The number of hydrogen-bond acceptors (Lipinski definition) is 3. The van der Waals surface area contributed by atoms with Gasteiger partial charge in [0.2, 0.25) is 0 Å². The van der Waals surface area contributed by atoms with Crippen molar-refractivity contribution in [2.75, 3.05) is 23.3 Å². The Kier molecular flexibility index (Phi) is 4.40. The van der Waals surface area contributed by atoms with E-state index in [1.54, 1.807) is 0 Å². The predicted molar refractivity (Wildman–Crippen MR) is 88.2 cm³/mol. The predicted octanol–water partition coefficient (Wildman–Crippen LogP) is 3.54. The highest BCUT2D eigenvalue weighted by Gasteiger charge is 2.24. The molecule has 1 aromatic heterocycles. The highest BCUT2D eigenvalue weighted by atomic mass is 32.1. The van der Waals surface area contributed by atoms with Crippen molar-refractivity contribution in [1.29, 1.82) is 0 Å². The Labute approximate surface area is 128 Å². The largest absolute Gasteiger partial charge is 0.367 e. The van der Waals surface area contributed by atoms with Crippen molar-refractivity contribution in [3.05, 3.63) is 47.8 Å². The zero-order valence-electron chi connectivity index (χ0n) is 11.8. The van der Waals surface area contributed by atoms with Crippen LogP contribution in [0.1, 0.15) is 12.8 Å². The van der Waals surface area contributed by atoms with Crippen LogP contribution in [0.15, 0.2) is 47.8 Å². The molecule has 1 fully saturated rings. The molecule has 2 aromatic rings. The summed E-state index contributed by atoms with van der Waals surface area (Å²) < 4.78 is 0. The van der Waals surface area contributed by atoms with E-state index in [1.165, 1.54) is 23.4 Å². The standard InChI is InChI=1S/C16H19N3OS/c20-16(18-15-9-5-11-21-15)17-12-14-8-4-10-19(14)13-6-2-1-3-7-13/h1-3,5-7,9,11,14H,4,8,10,12H2,(H2,17,18,20)/t14-/m0/s1. The summed E-state index contributed by atoms with van der Waals surface area (Å²) in [5.74, 6) is 0. The van der Waals surface area contributed by atoms with E-state index in [1.807, 2.05) is 23.6 Å². The molecule has 2 N–H and O–H groups in total.